The van der Waals surface area contributed by atoms with E-state index in [1.54, 1.807) is 31.2 Å². The van der Waals surface area contributed by atoms with Gasteiger partial charge < -0.3 is 10.6 Å². The molecule has 0 aliphatic carbocycles. The largest absolute Gasteiger partial charge is 0.374 e. The summed E-state index contributed by atoms with van der Waals surface area (Å²) in [5, 5.41) is 8.12. The molecule has 0 aliphatic rings. The first-order valence-corrected chi connectivity index (χ1v) is 9.00. The molecule has 0 spiro atoms. The Kier molecular flexibility index (Phi) is 5.73. The molecule has 26 heavy (non-hydrogen) atoms. The van der Waals surface area contributed by atoms with Gasteiger partial charge in [0.15, 0.2) is 0 Å². The molecule has 0 saturated carbocycles. The lowest BCUT2D eigenvalue weighted by Crippen LogP contribution is -2.31. The van der Waals surface area contributed by atoms with Gasteiger partial charge in [-0.25, -0.2) is 0 Å². The Bertz CT molecular complexity index is 900. The molecule has 3 aromatic rings. The van der Waals surface area contributed by atoms with E-state index < -0.39 is 11.8 Å². The van der Waals surface area contributed by atoms with E-state index in [1.165, 1.54) is 0 Å². The van der Waals surface area contributed by atoms with Crippen molar-refractivity contribution in [2.75, 3.05) is 10.6 Å². The van der Waals surface area contributed by atoms with Crippen molar-refractivity contribution in [3.63, 3.8) is 0 Å². The van der Waals surface area contributed by atoms with Crippen LogP contribution in [0.4, 0.5) is 20.2 Å². The average molecular weight is 372 g/mol. The molecular weight excluding hydrogens is 354 g/mol. The van der Waals surface area contributed by atoms with Crippen LogP contribution in [0, 0.1) is 0 Å². The Balaban J connectivity index is 1.61. The summed E-state index contributed by atoms with van der Waals surface area (Å²) in [5.74, 6) is -2.62. The molecule has 0 saturated heterocycles. The van der Waals surface area contributed by atoms with Crippen LogP contribution in [0.5, 0.6) is 0 Å². The molecule has 2 N–H and O–H groups in total. The van der Waals surface area contributed by atoms with E-state index in [2.05, 4.69) is 10.6 Å². The van der Waals surface area contributed by atoms with Gasteiger partial charge in [-0.2, -0.15) is 8.78 Å². The maximum Gasteiger partial charge on any atom is 0.288 e. The number of hydrogen-bond acceptors (Lipinski definition) is 3. The summed E-state index contributed by atoms with van der Waals surface area (Å²) in [6, 6.07) is 19.8. The Morgan fingerprint density at radius 3 is 2.27 bits per heavy atom. The number of benzene rings is 3. The van der Waals surface area contributed by atoms with Gasteiger partial charge in [-0.15, -0.1) is 0 Å². The van der Waals surface area contributed by atoms with Gasteiger partial charge in [0.1, 0.15) is 6.04 Å². The highest BCUT2D eigenvalue weighted by Crippen LogP contribution is 2.26. The van der Waals surface area contributed by atoms with Gasteiger partial charge in [0.2, 0.25) is 5.91 Å². The lowest BCUT2D eigenvalue weighted by atomic mass is 10.1. The number of fused-ring (bicyclic) bond motifs is 1. The predicted octanol–water partition coefficient (Wildman–Crippen LogP) is 5.59. The van der Waals surface area contributed by atoms with Crippen molar-refractivity contribution >= 4 is 39.8 Å². The maximum absolute atomic E-state index is 12.4. The van der Waals surface area contributed by atoms with E-state index in [4.69, 9.17) is 0 Å². The van der Waals surface area contributed by atoms with Crippen LogP contribution in [-0.2, 0) is 4.79 Å². The predicted molar refractivity (Wildman–Crippen MR) is 104 cm³/mol. The topological polar surface area (TPSA) is 41.1 Å². The van der Waals surface area contributed by atoms with Gasteiger partial charge in [-0.1, -0.05) is 42.1 Å². The van der Waals surface area contributed by atoms with Crippen molar-refractivity contribution in [1.29, 1.82) is 0 Å². The molecule has 3 nitrogen and oxygen atoms in total. The Morgan fingerprint density at radius 1 is 0.923 bits per heavy atom. The molecule has 3 aromatic carbocycles. The van der Waals surface area contributed by atoms with Crippen LogP contribution in [0.1, 0.15) is 6.92 Å². The number of hydrogen-bond donors (Lipinski definition) is 2. The van der Waals surface area contributed by atoms with Gasteiger partial charge in [-0.3, -0.25) is 4.79 Å². The normalized spacial score (nSPS) is 12.2. The summed E-state index contributed by atoms with van der Waals surface area (Å²) >= 11 is 0.495. The zero-order chi connectivity index (χ0) is 18.5. The highest BCUT2D eigenvalue weighted by Gasteiger charge is 2.13. The standard InChI is InChI=1S/C20H18F2N2OS/c1-13(23-16-8-10-18(11-9-16)26-20(21)22)19(25)24-17-7-6-14-4-2-3-5-15(14)12-17/h2-13,20,23H,1H3,(H,24,25)/t13-/m0/s1. The number of carbonyl (C=O) groups excluding carboxylic acids is 1. The number of nitrogens with one attached hydrogen (secondary N) is 2. The quantitative estimate of drug-likeness (QED) is 0.554. The summed E-state index contributed by atoms with van der Waals surface area (Å²) in [6.45, 7) is 1.75. The first kappa shape index (κ1) is 18.2. The van der Waals surface area contributed by atoms with Crippen LogP contribution in [0.2, 0.25) is 0 Å². The summed E-state index contributed by atoms with van der Waals surface area (Å²) in [6.07, 6.45) is 0. The minimum Gasteiger partial charge on any atom is -0.374 e. The second-order valence-electron chi connectivity index (χ2n) is 5.82. The third kappa shape index (κ3) is 4.73. The van der Waals surface area contributed by atoms with Crippen molar-refractivity contribution in [1.82, 2.24) is 0 Å². The molecule has 0 unspecified atom stereocenters. The second kappa shape index (κ2) is 8.19. The summed E-state index contributed by atoms with van der Waals surface area (Å²) in [4.78, 5) is 12.9. The summed E-state index contributed by atoms with van der Waals surface area (Å²) in [5.41, 5.74) is 1.43. The van der Waals surface area contributed by atoms with Crippen molar-refractivity contribution in [3.8, 4) is 0 Å². The molecule has 0 radical (unpaired) electrons. The van der Waals surface area contributed by atoms with Crippen molar-refractivity contribution in [2.24, 2.45) is 0 Å². The van der Waals surface area contributed by atoms with Crippen LogP contribution in [-0.4, -0.2) is 17.7 Å². The molecule has 1 amide bonds. The van der Waals surface area contributed by atoms with Crippen LogP contribution < -0.4 is 10.6 Å². The number of rotatable bonds is 6. The number of anilines is 2. The van der Waals surface area contributed by atoms with Crippen LogP contribution >= 0.6 is 11.8 Å². The summed E-state index contributed by atoms with van der Waals surface area (Å²) in [7, 11) is 0. The number of carbonyl (C=O) groups is 1. The molecular formula is C20H18F2N2OS. The molecule has 0 heterocycles. The molecule has 1 atom stereocenters. The molecule has 0 aliphatic heterocycles. The fraction of sp³-hybridized carbons (Fsp3) is 0.150. The van der Waals surface area contributed by atoms with E-state index in [1.807, 2.05) is 42.5 Å². The molecule has 3 rings (SSSR count). The van der Waals surface area contributed by atoms with Crippen LogP contribution in [0.15, 0.2) is 71.6 Å². The lowest BCUT2D eigenvalue weighted by Gasteiger charge is -2.16. The Morgan fingerprint density at radius 2 is 1.58 bits per heavy atom. The van der Waals surface area contributed by atoms with E-state index >= 15 is 0 Å². The summed E-state index contributed by atoms with van der Waals surface area (Å²) < 4.78 is 24.7. The molecule has 134 valence electrons. The van der Waals surface area contributed by atoms with E-state index in [9.17, 15) is 13.6 Å². The van der Waals surface area contributed by atoms with Crippen LogP contribution in [0.3, 0.4) is 0 Å². The van der Waals surface area contributed by atoms with E-state index in [0.717, 1.165) is 16.5 Å². The van der Waals surface area contributed by atoms with Gasteiger partial charge in [0, 0.05) is 16.3 Å². The Hall–Kier alpha value is -2.60. The lowest BCUT2D eigenvalue weighted by molar-refractivity contribution is -0.116. The smallest absolute Gasteiger partial charge is 0.288 e. The molecule has 0 fully saturated rings. The highest BCUT2D eigenvalue weighted by atomic mass is 32.2. The zero-order valence-corrected chi connectivity index (χ0v) is 14.9. The van der Waals surface area contributed by atoms with Crippen LogP contribution in [0.25, 0.3) is 10.8 Å². The van der Waals surface area contributed by atoms with Gasteiger partial charge in [-0.05, 0) is 54.1 Å². The minimum absolute atomic E-state index is 0.175. The molecule has 0 bridgehead atoms. The number of halogens is 2. The molecule has 0 aromatic heterocycles. The fourth-order valence-corrected chi connectivity index (χ4v) is 3.06. The maximum atomic E-state index is 12.4. The second-order valence-corrected chi connectivity index (χ2v) is 6.88. The van der Waals surface area contributed by atoms with Gasteiger partial charge >= 0.3 is 0 Å². The number of amides is 1. The Labute approximate surface area is 154 Å². The minimum atomic E-state index is -2.44. The third-order valence-corrected chi connectivity index (χ3v) is 4.60. The number of alkyl halides is 2. The first-order valence-electron chi connectivity index (χ1n) is 8.12. The van der Waals surface area contributed by atoms with Crippen molar-refractivity contribution in [2.45, 2.75) is 23.6 Å². The van der Waals surface area contributed by atoms with Gasteiger partial charge in [0.05, 0.1) is 0 Å². The SMILES string of the molecule is C[C@H](Nc1ccc(SC(F)F)cc1)C(=O)Nc1ccc2ccccc2c1. The number of thioether (sulfide) groups is 1. The first-order chi connectivity index (χ1) is 12.5. The zero-order valence-electron chi connectivity index (χ0n) is 14.1. The highest BCUT2D eigenvalue weighted by molar-refractivity contribution is 7.99. The van der Waals surface area contributed by atoms with Crippen molar-refractivity contribution in [3.05, 3.63) is 66.7 Å². The van der Waals surface area contributed by atoms with E-state index in [0.29, 0.717) is 22.3 Å². The van der Waals surface area contributed by atoms with E-state index in [-0.39, 0.29) is 5.91 Å². The van der Waals surface area contributed by atoms with Crippen molar-refractivity contribution < 1.29 is 13.6 Å². The fourth-order valence-electron chi connectivity index (χ4n) is 2.57. The third-order valence-electron chi connectivity index (χ3n) is 3.87. The van der Waals surface area contributed by atoms with Gasteiger partial charge in [0.25, 0.3) is 5.76 Å². The molecule has 6 heteroatoms. The average Bonchev–Trinajstić information content (AvgIpc) is 2.62. The monoisotopic (exact) mass is 372 g/mol.